The second-order valence-electron chi connectivity index (χ2n) is 3.89. The van der Waals surface area contributed by atoms with E-state index in [0.717, 1.165) is 21.1 Å². The first-order valence-corrected chi connectivity index (χ1v) is 6.78. The molecule has 0 spiro atoms. The van der Waals surface area contributed by atoms with Gasteiger partial charge in [0.1, 0.15) is 6.07 Å². The summed E-state index contributed by atoms with van der Waals surface area (Å²) < 4.78 is 0. The van der Waals surface area contributed by atoms with Gasteiger partial charge in [-0.1, -0.05) is 41.6 Å². The van der Waals surface area contributed by atoms with E-state index in [0.29, 0.717) is 10.6 Å². The van der Waals surface area contributed by atoms with E-state index in [9.17, 15) is 0 Å². The lowest BCUT2D eigenvalue weighted by Crippen LogP contribution is -1.83. The molecule has 2 aromatic carbocycles. The summed E-state index contributed by atoms with van der Waals surface area (Å²) in [7, 11) is 0. The van der Waals surface area contributed by atoms with Crippen molar-refractivity contribution in [3.63, 3.8) is 0 Å². The van der Waals surface area contributed by atoms with Crippen LogP contribution in [0.25, 0.3) is 11.0 Å². The molecule has 0 fully saturated rings. The highest BCUT2D eigenvalue weighted by Gasteiger charge is 2.10. The molecule has 0 atom stereocenters. The van der Waals surface area contributed by atoms with Crippen molar-refractivity contribution in [3.8, 4) is 6.07 Å². The number of H-pyrrole nitrogens is 1. The van der Waals surface area contributed by atoms with Gasteiger partial charge in [0.2, 0.25) is 0 Å². The number of nitrogens with one attached hydrogen (secondary N) is 1. The molecule has 0 bridgehead atoms. The van der Waals surface area contributed by atoms with E-state index in [2.05, 4.69) is 16.0 Å². The van der Waals surface area contributed by atoms with Crippen LogP contribution in [0.3, 0.4) is 0 Å². The fourth-order valence-corrected chi connectivity index (χ4v) is 2.97. The second kappa shape index (κ2) is 4.96. The molecule has 3 rings (SSSR count). The summed E-state index contributed by atoms with van der Waals surface area (Å²) in [6.07, 6.45) is 0. The van der Waals surface area contributed by atoms with Crippen molar-refractivity contribution in [2.75, 3.05) is 0 Å². The van der Waals surface area contributed by atoms with Crippen molar-refractivity contribution in [1.29, 1.82) is 5.26 Å². The Morgan fingerprint density at radius 3 is 2.79 bits per heavy atom. The van der Waals surface area contributed by atoms with Crippen molar-refractivity contribution >= 4 is 34.4 Å². The van der Waals surface area contributed by atoms with Crippen LogP contribution >= 0.6 is 23.4 Å². The Morgan fingerprint density at radius 2 is 2.00 bits per heavy atom. The topological polar surface area (TPSA) is 52.5 Å². The average molecular weight is 286 g/mol. The van der Waals surface area contributed by atoms with E-state index >= 15 is 0 Å². The summed E-state index contributed by atoms with van der Waals surface area (Å²) in [4.78, 5) is 8.48. The lowest BCUT2D eigenvalue weighted by Gasteiger charge is -2.02. The zero-order valence-corrected chi connectivity index (χ0v) is 11.3. The maximum absolute atomic E-state index is 9.14. The van der Waals surface area contributed by atoms with Gasteiger partial charge in [-0.15, -0.1) is 0 Å². The van der Waals surface area contributed by atoms with Crippen LogP contribution < -0.4 is 0 Å². The Hall–Kier alpha value is -1.96. The van der Waals surface area contributed by atoms with Gasteiger partial charge in [0.15, 0.2) is 5.16 Å². The Kier molecular flexibility index (Phi) is 3.16. The first-order chi connectivity index (χ1) is 9.28. The fourth-order valence-electron chi connectivity index (χ4n) is 1.78. The SMILES string of the molecule is N#Cc1c(Cl)cccc1Sc1nc2ccccc2[nH]1. The molecule has 3 nitrogen and oxygen atoms in total. The predicted octanol–water partition coefficient (Wildman–Crippen LogP) is 4.24. The minimum absolute atomic E-state index is 0.462. The molecule has 5 heteroatoms. The van der Waals surface area contributed by atoms with Crippen LogP contribution in [0.15, 0.2) is 52.5 Å². The lowest BCUT2D eigenvalue weighted by molar-refractivity contribution is 1.08. The lowest BCUT2D eigenvalue weighted by atomic mass is 10.2. The molecule has 92 valence electrons. The molecule has 3 aromatic rings. The Balaban J connectivity index is 2.02. The van der Waals surface area contributed by atoms with Crippen molar-refractivity contribution in [1.82, 2.24) is 9.97 Å². The zero-order chi connectivity index (χ0) is 13.2. The predicted molar refractivity (Wildman–Crippen MR) is 76.4 cm³/mol. The molecule has 0 unspecified atom stereocenters. The Labute approximate surface area is 119 Å². The highest BCUT2D eigenvalue weighted by Crippen LogP contribution is 2.32. The van der Waals surface area contributed by atoms with Gasteiger partial charge in [0.05, 0.1) is 21.6 Å². The molecular weight excluding hydrogens is 278 g/mol. The van der Waals surface area contributed by atoms with Crippen LogP contribution in [-0.2, 0) is 0 Å². The highest BCUT2D eigenvalue weighted by atomic mass is 35.5. The number of aromatic amines is 1. The number of hydrogen-bond acceptors (Lipinski definition) is 3. The third-order valence-electron chi connectivity index (χ3n) is 2.66. The molecule has 1 aromatic heterocycles. The van der Waals surface area contributed by atoms with Crippen molar-refractivity contribution in [2.24, 2.45) is 0 Å². The molecule has 1 heterocycles. The largest absolute Gasteiger partial charge is 0.333 e. The van der Waals surface area contributed by atoms with Gasteiger partial charge in [0.25, 0.3) is 0 Å². The minimum atomic E-state index is 0.462. The number of benzene rings is 2. The molecule has 0 radical (unpaired) electrons. The normalized spacial score (nSPS) is 10.5. The number of nitrogens with zero attached hydrogens (tertiary/aromatic N) is 2. The molecule has 0 saturated heterocycles. The van der Waals surface area contributed by atoms with Crippen LogP contribution in [-0.4, -0.2) is 9.97 Å². The second-order valence-corrected chi connectivity index (χ2v) is 5.32. The molecule has 0 aliphatic heterocycles. The van der Waals surface area contributed by atoms with Gasteiger partial charge in [-0.05, 0) is 24.3 Å². The van der Waals surface area contributed by atoms with Crippen molar-refractivity contribution in [3.05, 3.63) is 53.1 Å². The van der Waals surface area contributed by atoms with E-state index in [1.807, 2.05) is 36.4 Å². The van der Waals surface area contributed by atoms with E-state index in [-0.39, 0.29) is 0 Å². The fraction of sp³-hybridized carbons (Fsp3) is 0. The number of fused-ring (bicyclic) bond motifs is 1. The first kappa shape index (κ1) is 12.1. The number of imidazole rings is 1. The van der Waals surface area contributed by atoms with Crippen LogP contribution in [0, 0.1) is 11.3 Å². The van der Waals surface area contributed by atoms with Crippen LogP contribution in [0.5, 0.6) is 0 Å². The molecular formula is C14H8ClN3S. The third kappa shape index (κ3) is 2.30. The van der Waals surface area contributed by atoms with Gasteiger partial charge >= 0.3 is 0 Å². The number of para-hydroxylation sites is 2. The number of nitriles is 1. The number of halogens is 1. The van der Waals surface area contributed by atoms with Gasteiger partial charge in [-0.25, -0.2) is 4.98 Å². The van der Waals surface area contributed by atoms with E-state index in [1.54, 1.807) is 6.07 Å². The maximum atomic E-state index is 9.14. The first-order valence-electron chi connectivity index (χ1n) is 5.59. The van der Waals surface area contributed by atoms with Gasteiger partial charge in [0, 0.05) is 4.90 Å². The monoisotopic (exact) mass is 285 g/mol. The van der Waals surface area contributed by atoms with Gasteiger partial charge < -0.3 is 4.98 Å². The standard InChI is InChI=1S/C14H8ClN3S/c15-10-4-3-7-13(9(10)8-16)19-14-17-11-5-1-2-6-12(11)18-14/h1-7H,(H,17,18). The summed E-state index contributed by atoms with van der Waals surface area (Å²) in [5.74, 6) is 0. The smallest absolute Gasteiger partial charge is 0.171 e. The summed E-state index contributed by atoms with van der Waals surface area (Å²) in [5.41, 5.74) is 2.37. The van der Waals surface area contributed by atoms with Crippen molar-refractivity contribution in [2.45, 2.75) is 10.1 Å². The number of hydrogen-bond donors (Lipinski definition) is 1. The molecule has 19 heavy (non-hydrogen) atoms. The molecule has 1 N–H and O–H groups in total. The zero-order valence-electron chi connectivity index (χ0n) is 9.72. The average Bonchev–Trinajstić information content (AvgIpc) is 2.81. The summed E-state index contributed by atoms with van der Waals surface area (Å²) >= 11 is 7.41. The molecule has 0 aliphatic rings. The van der Waals surface area contributed by atoms with E-state index < -0.39 is 0 Å². The highest BCUT2D eigenvalue weighted by molar-refractivity contribution is 7.99. The molecule has 0 saturated carbocycles. The number of aromatic nitrogens is 2. The van der Waals surface area contributed by atoms with Crippen LogP contribution in [0.1, 0.15) is 5.56 Å². The quantitative estimate of drug-likeness (QED) is 0.766. The Bertz CT molecular complexity index is 756. The summed E-state index contributed by atoms with van der Waals surface area (Å²) in [6, 6.07) is 15.3. The van der Waals surface area contributed by atoms with Crippen LogP contribution in [0.4, 0.5) is 0 Å². The van der Waals surface area contributed by atoms with Crippen LogP contribution in [0.2, 0.25) is 5.02 Å². The molecule has 0 aliphatic carbocycles. The minimum Gasteiger partial charge on any atom is -0.333 e. The third-order valence-corrected chi connectivity index (χ3v) is 3.92. The number of rotatable bonds is 2. The summed E-state index contributed by atoms with van der Waals surface area (Å²) in [5, 5.41) is 10.4. The molecule has 0 amide bonds. The Morgan fingerprint density at radius 1 is 1.16 bits per heavy atom. The maximum Gasteiger partial charge on any atom is 0.171 e. The van der Waals surface area contributed by atoms with E-state index in [4.69, 9.17) is 16.9 Å². The van der Waals surface area contributed by atoms with Gasteiger partial charge in [-0.3, -0.25) is 0 Å². The van der Waals surface area contributed by atoms with Gasteiger partial charge in [-0.2, -0.15) is 5.26 Å². The van der Waals surface area contributed by atoms with E-state index in [1.165, 1.54) is 11.8 Å². The summed E-state index contributed by atoms with van der Waals surface area (Å²) in [6.45, 7) is 0. The van der Waals surface area contributed by atoms with Crippen molar-refractivity contribution < 1.29 is 0 Å².